The number of fused-ring (bicyclic) bond motifs is 12. The molecule has 8 atom stereocenters. The van der Waals surface area contributed by atoms with Gasteiger partial charge in [0.15, 0.2) is 0 Å². The molecule has 0 heterocycles. The summed E-state index contributed by atoms with van der Waals surface area (Å²) in [5, 5.41) is 0. The Bertz CT molecular complexity index is 2600. The average molecular weight is 763 g/mol. The van der Waals surface area contributed by atoms with Crippen LogP contribution < -0.4 is 9.80 Å². The lowest BCUT2D eigenvalue weighted by Gasteiger charge is -2.45. The summed E-state index contributed by atoms with van der Waals surface area (Å²) in [6, 6.07) is 50.3. The lowest BCUT2D eigenvalue weighted by molar-refractivity contribution is 0.208. The smallest absolute Gasteiger partial charge is 0.0562 e. The second-order valence-electron chi connectivity index (χ2n) is 17.8. The number of hydrogen-bond donors (Lipinski definition) is 0. The zero-order valence-electron chi connectivity index (χ0n) is 33.5. The molecule has 0 bridgehead atoms. The fourth-order valence-corrected chi connectivity index (χ4v) is 13.0. The van der Waals surface area contributed by atoms with Crippen LogP contribution in [0.1, 0.15) is 53.9 Å². The van der Waals surface area contributed by atoms with E-state index in [1.807, 2.05) is 0 Å². The molecule has 0 saturated heterocycles. The summed E-state index contributed by atoms with van der Waals surface area (Å²) in [7, 11) is 0. The van der Waals surface area contributed by atoms with Crippen LogP contribution in [-0.4, -0.2) is 6.04 Å². The van der Waals surface area contributed by atoms with Gasteiger partial charge in [-0.1, -0.05) is 151 Å². The molecule has 1 saturated carbocycles. The second kappa shape index (κ2) is 14.0. The molecule has 12 rings (SSSR count). The Hall–Kier alpha value is -6.12. The van der Waals surface area contributed by atoms with Gasteiger partial charge in [0.1, 0.15) is 0 Å². The number of allylic oxidation sites excluding steroid dienone is 12. The standard InChI is InChI=1S/C57H50N2/c1-4-18-41(19-5-1)58(44-33-35-47-40(37-44)32-31-39-17-10-11-24-46(39)47)45-34-36-49-48-25-12-14-27-51(48)57(54(49)38-45)52-28-15-13-26-50(52)56-53(57)29-16-30-55(56)59(42-20-6-2-7-21-42)43-22-8-3-9-23-43/h1-11,13-24,26-30,33-36,38,44,48,50-53,56H,12,25,31-32,37H2. The van der Waals surface area contributed by atoms with E-state index in [1.54, 1.807) is 16.7 Å². The minimum atomic E-state index is -0.0912. The number of benzene rings is 5. The lowest BCUT2D eigenvalue weighted by atomic mass is 9.58. The van der Waals surface area contributed by atoms with E-state index in [0.717, 1.165) is 25.7 Å². The minimum absolute atomic E-state index is 0.0912. The van der Waals surface area contributed by atoms with E-state index in [1.165, 1.54) is 51.6 Å². The molecule has 5 aromatic rings. The van der Waals surface area contributed by atoms with Crippen LogP contribution in [0.5, 0.6) is 0 Å². The fourth-order valence-electron chi connectivity index (χ4n) is 13.0. The zero-order chi connectivity index (χ0) is 38.9. The first kappa shape index (κ1) is 34.9. The first-order valence-corrected chi connectivity index (χ1v) is 22.1. The Morgan fingerprint density at radius 1 is 0.576 bits per heavy atom. The van der Waals surface area contributed by atoms with Crippen molar-refractivity contribution in [3.05, 3.63) is 234 Å². The van der Waals surface area contributed by atoms with Gasteiger partial charge in [-0.3, -0.25) is 0 Å². The maximum atomic E-state index is 2.69. The molecule has 2 nitrogen and oxygen atoms in total. The molecule has 0 amide bonds. The Balaban J connectivity index is 1.01. The molecule has 1 fully saturated rings. The summed E-state index contributed by atoms with van der Waals surface area (Å²) in [5.74, 6) is 2.31. The van der Waals surface area contributed by atoms with Crippen molar-refractivity contribution in [2.45, 2.75) is 49.5 Å². The first-order chi connectivity index (χ1) is 29.3. The van der Waals surface area contributed by atoms with Crippen LogP contribution in [0.3, 0.4) is 0 Å². The van der Waals surface area contributed by atoms with Crippen molar-refractivity contribution in [1.29, 1.82) is 0 Å². The predicted octanol–water partition coefficient (Wildman–Crippen LogP) is 13.8. The highest BCUT2D eigenvalue weighted by molar-refractivity contribution is 5.82. The van der Waals surface area contributed by atoms with E-state index >= 15 is 0 Å². The van der Waals surface area contributed by atoms with Crippen molar-refractivity contribution in [3.8, 4) is 0 Å². The van der Waals surface area contributed by atoms with E-state index in [0.29, 0.717) is 35.5 Å². The van der Waals surface area contributed by atoms with Gasteiger partial charge in [-0.15, -0.1) is 0 Å². The van der Waals surface area contributed by atoms with Gasteiger partial charge >= 0.3 is 0 Å². The summed E-state index contributed by atoms with van der Waals surface area (Å²) >= 11 is 0. The molecule has 8 unspecified atom stereocenters. The SMILES string of the molecule is C1=CC2C3C(N(c4ccccc4)c4ccccc4)=CC=CC3C3(c4cc(N(c5ccccc5)C5C=CC6=C(CCc7ccccc76)C5)ccc4C4CCC=CC43)C2C=C1. The van der Waals surface area contributed by atoms with Gasteiger partial charge in [-0.2, -0.15) is 0 Å². The molecule has 288 valence electrons. The zero-order valence-corrected chi connectivity index (χ0v) is 33.5. The summed E-state index contributed by atoms with van der Waals surface area (Å²) in [6.45, 7) is 0. The molecular weight excluding hydrogens is 713 g/mol. The fraction of sp³-hybridized carbons (Fsp3) is 0.228. The van der Waals surface area contributed by atoms with Crippen molar-refractivity contribution in [2.75, 3.05) is 9.80 Å². The van der Waals surface area contributed by atoms with Crippen molar-refractivity contribution >= 4 is 28.3 Å². The molecule has 0 N–H and O–H groups in total. The van der Waals surface area contributed by atoms with Gasteiger partial charge < -0.3 is 9.80 Å². The minimum Gasteiger partial charge on any atom is -0.334 e. The van der Waals surface area contributed by atoms with Crippen LogP contribution in [0.25, 0.3) is 5.57 Å². The van der Waals surface area contributed by atoms with Crippen molar-refractivity contribution in [3.63, 3.8) is 0 Å². The molecule has 7 aliphatic carbocycles. The van der Waals surface area contributed by atoms with E-state index in [9.17, 15) is 0 Å². The van der Waals surface area contributed by atoms with E-state index in [2.05, 4.69) is 210 Å². The van der Waals surface area contributed by atoms with E-state index < -0.39 is 0 Å². The molecule has 0 radical (unpaired) electrons. The molecule has 7 aliphatic rings. The van der Waals surface area contributed by atoms with Gasteiger partial charge in [-0.05, 0) is 144 Å². The number of para-hydroxylation sites is 3. The number of hydrogen-bond acceptors (Lipinski definition) is 2. The Morgan fingerprint density at radius 3 is 2.08 bits per heavy atom. The largest absolute Gasteiger partial charge is 0.334 e. The van der Waals surface area contributed by atoms with E-state index in [-0.39, 0.29) is 11.5 Å². The highest BCUT2D eigenvalue weighted by Crippen LogP contribution is 2.71. The molecule has 0 aromatic heterocycles. The van der Waals surface area contributed by atoms with Gasteiger partial charge in [-0.25, -0.2) is 0 Å². The molecular formula is C57H50N2. The molecule has 5 aromatic carbocycles. The van der Waals surface area contributed by atoms with Crippen molar-refractivity contribution in [2.24, 2.45) is 29.6 Å². The van der Waals surface area contributed by atoms with Crippen LogP contribution in [0.2, 0.25) is 0 Å². The predicted molar refractivity (Wildman–Crippen MR) is 245 cm³/mol. The topological polar surface area (TPSA) is 6.48 Å². The Kier molecular flexibility index (Phi) is 8.29. The average Bonchev–Trinajstić information content (AvgIpc) is 3.78. The number of rotatable bonds is 6. The monoisotopic (exact) mass is 762 g/mol. The van der Waals surface area contributed by atoms with Crippen LogP contribution in [0.4, 0.5) is 22.7 Å². The maximum absolute atomic E-state index is 2.69. The third-order valence-corrected chi connectivity index (χ3v) is 15.1. The van der Waals surface area contributed by atoms with Gasteiger partial charge in [0.25, 0.3) is 0 Å². The van der Waals surface area contributed by atoms with Gasteiger partial charge in [0.2, 0.25) is 0 Å². The van der Waals surface area contributed by atoms with Gasteiger partial charge in [0, 0.05) is 39.8 Å². The second-order valence-corrected chi connectivity index (χ2v) is 17.8. The third-order valence-electron chi connectivity index (χ3n) is 15.1. The van der Waals surface area contributed by atoms with Crippen LogP contribution in [0.15, 0.2) is 212 Å². The van der Waals surface area contributed by atoms with Gasteiger partial charge in [0.05, 0.1) is 6.04 Å². The van der Waals surface area contributed by atoms with Crippen LogP contribution >= 0.6 is 0 Å². The molecule has 0 aliphatic heterocycles. The quantitative estimate of drug-likeness (QED) is 0.159. The van der Waals surface area contributed by atoms with Crippen LogP contribution in [0, 0.1) is 29.6 Å². The Morgan fingerprint density at radius 2 is 1.29 bits per heavy atom. The summed E-state index contributed by atoms with van der Waals surface area (Å²) in [4.78, 5) is 5.23. The van der Waals surface area contributed by atoms with Crippen molar-refractivity contribution in [1.82, 2.24) is 0 Å². The van der Waals surface area contributed by atoms with Crippen LogP contribution in [-0.2, 0) is 11.8 Å². The normalized spacial score (nSPS) is 28.9. The number of aryl methyl sites for hydroxylation is 1. The highest BCUT2D eigenvalue weighted by Gasteiger charge is 2.67. The third kappa shape index (κ3) is 5.31. The molecule has 1 spiro atoms. The highest BCUT2D eigenvalue weighted by atomic mass is 15.2. The van der Waals surface area contributed by atoms with Crippen molar-refractivity contribution < 1.29 is 0 Å². The first-order valence-electron chi connectivity index (χ1n) is 22.1. The maximum Gasteiger partial charge on any atom is 0.0562 e. The molecule has 59 heavy (non-hydrogen) atoms. The summed E-state index contributed by atoms with van der Waals surface area (Å²) in [6.07, 6.45) is 33.1. The number of nitrogens with zero attached hydrogens (tertiary/aromatic N) is 2. The molecule has 2 heteroatoms. The summed E-state index contributed by atoms with van der Waals surface area (Å²) < 4.78 is 0. The lowest BCUT2D eigenvalue weighted by Crippen LogP contribution is -2.43. The van der Waals surface area contributed by atoms with E-state index in [4.69, 9.17) is 0 Å². The summed E-state index contributed by atoms with van der Waals surface area (Å²) in [5.41, 5.74) is 15.5. The number of anilines is 4. The Labute approximate surface area is 349 Å².